The molecule has 0 saturated heterocycles. The van der Waals surface area contributed by atoms with Gasteiger partial charge >= 0.3 is 21.1 Å². The average molecular weight is 1000 g/mol. The number of hydrogen-bond acceptors (Lipinski definition) is 8. The molecule has 308 valence electrons. The topological polar surface area (TPSA) is 59.9 Å². The van der Waals surface area contributed by atoms with Crippen LogP contribution in [0, 0.1) is 25.0 Å². The van der Waals surface area contributed by atoms with E-state index in [1.54, 1.807) is 47.4 Å². The fourth-order valence-corrected chi connectivity index (χ4v) is 8.11. The van der Waals surface area contributed by atoms with Gasteiger partial charge in [0.05, 0.1) is 22.7 Å². The molecule has 0 amide bonds. The zero-order chi connectivity index (χ0) is 41.5. The summed E-state index contributed by atoms with van der Waals surface area (Å²) in [4.78, 5) is 11.1. The van der Waals surface area contributed by atoms with Gasteiger partial charge in [0.25, 0.3) is 0 Å². The number of fused-ring (bicyclic) bond motifs is 2. The standard InChI is InChI=1S/C51H38F2N6O2.Pt/c52-42-23-13-25-44-50(42)56(46-31-40(27-29-48(46)60)58(36-15-5-1-6-16-36)37-17-7-2-8-18-37)34-54(44)33-55-35-57(51-43(53)24-14-26-45(51)55)47-32-41(28-30-49(47)61)59(38-19-9-3-10-20-38)39-21-11-4-12-22-39;/h1-32,34-35,60-61H,33H2;/q-2;+2. The third-order valence-corrected chi connectivity index (χ3v) is 10.9. The number of hydrogen-bond donors (Lipinski definition) is 2. The number of phenols is 2. The Kier molecular flexibility index (Phi) is 11.0. The number of benzene rings is 8. The molecule has 2 aliphatic rings. The summed E-state index contributed by atoms with van der Waals surface area (Å²) >= 11 is 0. The number of phenolic OH excluding ortho intramolecular Hbond substituents is 2. The number of nitrogens with zero attached hydrogens (tertiary/aromatic N) is 6. The fourth-order valence-electron chi connectivity index (χ4n) is 8.11. The van der Waals surface area contributed by atoms with Crippen LogP contribution < -0.4 is 29.4 Å². The molecular formula is C51H38F2N6O2Pt. The Morgan fingerprint density at radius 2 is 0.726 bits per heavy atom. The SMILES string of the molecule is Oc1ccc(N(c2ccccc2)c2ccccc2)cc1N1[CH-]N(CN2[CH-]N(c3cc(N(c4ccccc4)c4ccccc4)ccc3O)c3c(F)cccc32)c2cccc(F)c21.[Pt+2]. The van der Waals surface area contributed by atoms with Gasteiger partial charge in [0.15, 0.2) is 0 Å². The predicted octanol–water partition coefficient (Wildman–Crippen LogP) is 13.1. The number of anilines is 12. The van der Waals surface area contributed by atoms with E-state index in [0.717, 1.165) is 34.1 Å². The van der Waals surface area contributed by atoms with Gasteiger partial charge in [-0.2, -0.15) is 0 Å². The van der Waals surface area contributed by atoms with Crippen molar-refractivity contribution < 1.29 is 40.1 Å². The first-order valence-electron chi connectivity index (χ1n) is 19.8. The van der Waals surface area contributed by atoms with E-state index in [1.165, 1.54) is 12.1 Å². The molecule has 11 heteroatoms. The van der Waals surface area contributed by atoms with Gasteiger partial charge < -0.3 is 39.6 Å². The van der Waals surface area contributed by atoms with E-state index in [1.807, 2.05) is 168 Å². The minimum atomic E-state index is -0.481. The average Bonchev–Trinajstić information content (AvgIpc) is 3.86. The first-order valence-corrected chi connectivity index (χ1v) is 19.8. The van der Waals surface area contributed by atoms with Crippen LogP contribution in [0.15, 0.2) is 194 Å². The van der Waals surface area contributed by atoms with Crippen molar-refractivity contribution in [2.45, 2.75) is 0 Å². The summed E-state index contributed by atoms with van der Waals surface area (Å²) in [6.45, 7) is 3.61. The summed E-state index contributed by atoms with van der Waals surface area (Å²) in [7, 11) is 0. The quantitative estimate of drug-likeness (QED) is 0.131. The molecule has 0 spiro atoms. The zero-order valence-corrected chi connectivity index (χ0v) is 35.3. The molecule has 0 unspecified atom stereocenters. The molecule has 0 radical (unpaired) electrons. The molecule has 0 aliphatic carbocycles. The molecule has 0 bridgehead atoms. The van der Waals surface area contributed by atoms with E-state index in [-0.39, 0.29) is 50.6 Å². The molecule has 0 atom stereocenters. The van der Waals surface area contributed by atoms with Gasteiger partial charge in [-0.1, -0.05) is 84.9 Å². The van der Waals surface area contributed by atoms with Gasteiger partial charge in [-0.25, -0.2) is 8.78 Å². The molecule has 0 fully saturated rings. The van der Waals surface area contributed by atoms with E-state index in [4.69, 9.17) is 0 Å². The smallest absolute Gasteiger partial charge is 0.506 e. The largest absolute Gasteiger partial charge is 2.00 e. The summed E-state index contributed by atoms with van der Waals surface area (Å²) in [6, 6.07) is 59.9. The van der Waals surface area contributed by atoms with Crippen LogP contribution >= 0.6 is 0 Å². The van der Waals surface area contributed by atoms with Crippen LogP contribution in [0.1, 0.15) is 0 Å². The maximum atomic E-state index is 16.1. The fraction of sp³-hybridized carbons (Fsp3) is 0.0196. The molecule has 8 aromatic carbocycles. The summed E-state index contributed by atoms with van der Waals surface area (Å²) in [5.41, 5.74) is 7.48. The Bertz CT molecular complexity index is 2570. The van der Waals surface area contributed by atoms with E-state index in [2.05, 4.69) is 9.80 Å². The Morgan fingerprint density at radius 3 is 1.06 bits per heavy atom. The summed E-state index contributed by atoms with van der Waals surface area (Å²) in [5, 5.41) is 22.9. The summed E-state index contributed by atoms with van der Waals surface area (Å²) in [5.74, 6) is -1.05. The molecule has 62 heavy (non-hydrogen) atoms. The molecule has 8 nitrogen and oxygen atoms in total. The van der Waals surface area contributed by atoms with Gasteiger partial charge in [-0.05, 0) is 109 Å². The second-order valence-electron chi connectivity index (χ2n) is 14.6. The third-order valence-electron chi connectivity index (χ3n) is 10.9. The first-order chi connectivity index (χ1) is 29.9. The Balaban J connectivity index is 0.00000490. The van der Waals surface area contributed by atoms with Crippen molar-refractivity contribution >= 4 is 68.2 Å². The number of para-hydroxylation sites is 6. The Morgan fingerprint density at radius 1 is 0.387 bits per heavy atom. The molecule has 0 aromatic heterocycles. The monoisotopic (exact) mass is 999 g/mol. The van der Waals surface area contributed by atoms with E-state index < -0.39 is 11.6 Å². The molecule has 2 aliphatic heterocycles. The van der Waals surface area contributed by atoms with Crippen LogP contribution in [0.2, 0.25) is 0 Å². The molecule has 10 rings (SSSR count). The molecule has 2 N–H and O–H groups in total. The van der Waals surface area contributed by atoms with Crippen molar-refractivity contribution in [2.75, 3.05) is 36.1 Å². The predicted molar refractivity (Wildman–Crippen MR) is 241 cm³/mol. The Hall–Kier alpha value is -7.29. The molecule has 2 heterocycles. The van der Waals surface area contributed by atoms with E-state index in [9.17, 15) is 10.2 Å². The van der Waals surface area contributed by atoms with Crippen LogP contribution in [-0.2, 0) is 21.1 Å². The molecule has 8 aromatic rings. The summed E-state index contributed by atoms with van der Waals surface area (Å²) in [6.07, 6.45) is 0. The van der Waals surface area contributed by atoms with Crippen molar-refractivity contribution in [3.05, 3.63) is 219 Å². The van der Waals surface area contributed by atoms with Crippen LogP contribution in [0.3, 0.4) is 0 Å². The zero-order valence-electron chi connectivity index (χ0n) is 33.0. The number of aromatic hydroxyl groups is 2. The van der Waals surface area contributed by atoms with E-state index in [0.29, 0.717) is 22.7 Å². The van der Waals surface area contributed by atoms with Gasteiger partial charge in [-0.3, -0.25) is 0 Å². The van der Waals surface area contributed by atoms with Crippen molar-refractivity contribution in [1.29, 1.82) is 0 Å². The minimum Gasteiger partial charge on any atom is -0.506 e. The van der Waals surface area contributed by atoms with Crippen molar-refractivity contribution in [3.63, 3.8) is 0 Å². The van der Waals surface area contributed by atoms with Crippen LogP contribution in [0.25, 0.3) is 0 Å². The molecular weight excluding hydrogens is 962 g/mol. The van der Waals surface area contributed by atoms with Gasteiger partial charge in [0.1, 0.15) is 23.1 Å². The van der Waals surface area contributed by atoms with Crippen molar-refractivity contribution in [2.24, 2.45) is 0 Å². The number of rotatable bonds is 10. The van der Waals surface area contributed by atoms with Gasteiger partial charge in [0, 0.05) is 52.2 Å². The van der Waals surface area contributed by atoms with E-state index >= 15 is 8.78 Å². The molecule has 0 saturated carbocycles. The minimum absolute atomic E-state index is 0. The number of halogens is 2. The van der Waals surface area contributed by atoms with Crippen LogP contribution in [0.5, 0.6) is 11.5 Å². The normalized spacial score (nSPS) is 12.8. The second kappa shape index (κ2) is 17.0. The third kappa shape index (κ3) is 7.32. The van der Waals surface area contributed by atoms with Gasteiger partial charge in [0.2, 0.25) is 0 Å². The maximum Gasteiger partial charge on any atom is 2.00 e. The van der Waals surface area contributed by atoms with Crippen LogP contribution in [-0.4, -0.2) is 16.9 Å². The van der Waals surface area contributed by atoms with Crippen molar-refractivity contribution in [3.8, 4) is 11.5 Å². The maximum absolute atomic E-state index is 16.1. The first kappa shape index (κ1) is 40.1. The van der Waals surface area contributed by atoms with Gasteiger partial charge in [-0.15, -0.1) is 13.3 Å². The summed E-state index contributed by atoms with van der Waals surface area (Å²) < 4.78 is 32.2. The second-order valence-corrected chi connectivity index (χ2v) is 14.6. The Labute approximate surface area is 373 Å². The van der Waals surface area contributed by atoms with Crippen molar-refractivity contribution in [1.82, 2.24) is 0 Å². The van der Waals surface area contributed by atoms with Crippen LogP contribution in [0.4, 0.5) is 77.0 Å².